The number of rotatable bonds is 9. The summed E-state index contributed by atoms with van der Waals surface area (Å²) in [5.41, 5.74) is 0.657. The molecule has 0 spiro atoms. The number of urea groups is 1. The molecule has 3 N–H and O–H groups in total. The van der Waals surface area contributed by atoms with Gasteiger partial charge in [-0.2, -0.15) is 0 Å². The van der Waals surface area contributed by atoms with E-state index in [2.05, 4.69) is 20.9 Å². The van der Waals surface area contributed by atoms with Crippen LogP contribution in [0.1, 0.15) is 34.9 Å². The quantitative estimate of drug-likeness (QED) is 0.141. The lowest BCUT2D eigenvalue weighted by Crippen LogP contribution is -2.39. The Bertz CT molecular complexity index is 1710. The first kappa shape index (κ1) is 31.4. The molecule has 0 aliphatic carbocycles. The summed E-state index contributed by atoms with van der Waals surface area (Å²) < 4.78 is 79.9. The number of carbonyl (C=O) groups is 2. The normalized spacial score (nSPS) is 14.2. The number of halogens is 5. The number of amides is 3. The maximum absolute atomic E-state index is 14.6. The summed E-state index contributed by atoms with van der Waals surface area (Å²) in [5.74, 6) is -3.14. The number of carbonyl (C=O) groups excluding carboxylic acids is 2. The number of nitrogens with one attached hydrogen (secondary N) is 3. The lowest BCUT2D eigenvalue weighted by Gasteiger charge is -2.34. The molecule has 0 saturated carbocycles. The number of benzene rings is 3. The highest BCUT2D eigenvalue weighted by Gasteiger charge is 2.32. The Balaban J connectivity index is 1.32. The highest BCUT2D eigenvalue weighted by Crippen LogP contribution is 2.38. The third-order valence-corrected chi connectivity index (χ3v) is 7.18. The molecule has 0 unspecified atom stereocenters. The van der Waals surface area contributed by atoms with Crippen molar-refractivity contribution in [3.8, 4) is 0 Å². The number of aromatic nitrogens is 1. The molecule has 1 atom stereocenters. The molecule has 0 fully saturated rings. The number of alkyl carbamates (subject to hydrolysis) is 1. The zero-order valence-corrected chi connectivity index (χ0v) is 23.9. The second kappa shape index (κ2) is 13.8. The molecular formula is C31H28F5N5O4. The van der Waals surface area contributed by atoms with Crippen LogP contribution in [0.3, 0.4) is 0 Å². The van der Waals surface area contributed by atoms with Gasteiger partial charge in [-0.1, -0.05) is 30.3 Å². The molecule has 45 heavy (non-hydrogen) atoms. The summed E-state index contributed by atoms with van der Waals surface area (Å²) in [7, 11) is 1.41. The largest absolute Gasteiger partial charge is 0.445 e. The maximum atomic E-state index is 14.6. The third kappa shape index (κ3) is 7.23. The van der Waals surface area contributed by atoms with E-state index in [0.717, 1.165) is 35.9 Å². The molecule has 2 heterocycles. The summed E-state index contributed by atoms with van der Waals surface area (Å²) >= 11 is 0. The van der Waals surface area contributed by atoms with Crippen LogP contribution in [-0.2, 0) is 22.7 Å². The fourth-order valence-corrected chi connectivity index (χ4v) is 4.91. The van der Waals surface area contributed by atoms with Crippen molar-refractivity contribution in [2.75, 3.05) is 37.4 Å². The van der Waals surface area contributed by atoms with Gasteiger partial charge in [-0.3, -0.25) is 0 Å². The molecule has 236 valence electrons. The Hall–Kier alpha value is -4.98. The number of pyridine rings is 1. The molecule has 0 radical (unpaired) electrons. The van der Waals surface area contributed by atoms with Crippen LogP contribution in [0.25, 0.3) is 10.8 Å². The first-order valence-electron chi connectivity index (χ1n) is 13.8. The summed E-state index contributed by atoms with van der Waals surface area (Å²) in [6.45, 7) is 0.350. The number of anilines is 2. The van der Waals surface area contributed by atoms with Crippen molar-refractivity contribution in [2.45, 2.75) is 25.7 Å². The molecule has 0 saturated heterocycles. The fraction of sp³-hybridized carbons (Fsp3) is 0.258. The minimum absolute atomic E-state index is 0.00464. The highest BCUT2D eigenvalue weighted by atomic mass is 19.3. The van der Waals surface area contributed by atoms with Crippen molar-refractivity contribution in [3.05, 3.63) is 100 Å². The molecule has 14 heteroatoms. The Morgan fingerprint density at radius 2 is 1.73 bits per heavy atom. The second-order valence-corrected chi connectivity index (χ2v) is 10.2. The minimum Gasteiger partial charge on any atom is -0.445 e. The van der Waals surface area contributed by atoms with E-state index < -0.39 is 47.6 Å². The molecule has 0 bridgehead atoms. The molecule has 3 amide bonds. The lowest BCUT2D eigenvalue weighted by atomic mass is 9.95. The zero-order chi connectivity index (χ0) is 32.1. The Labute approximate surface area is 254 Å². The van der Waals surface area contributed by atoms with Crippen molar-refractivity contribution < 1.29 is 41.0 Å². The predicted molar refractivity (Wildman–Crippen MR) is 155 cm³/mol. The van der Waals surface area contributed by atoms with Gasteiger partial charge in [0.1, 0.15) is 18.2 Å². The highest BCUT2D eigenvalue weighted by molar-refractivity contribution is 5.96. The molecule has 1 aromatic heterocycles. The summed E-state index contributed by atoms with van der Waals surface area (Å²) in [5, 5.41) is 8.56. The Morgan fingerprint density at radius 3 is 2.47 bits per heavy atom. The number of ether oxygens (including phenoxy) is 2. The van der Waals surface area contributed by atoms with Gasteiger partial charge in [0, 0.05) is 36.8 Å². The molecule has 1 aliphatic rings. The lowest BCUT2D eigenvalue weighted by molar-refractivity contribution is 0.0529. The average molecular weight is 630 g/mol. The summed E-state index contributed by atoms with van der Waals surface area (Å²) in [4.78, 5) is 31.0. The van der Waals surface area contributed by atoms with E-state index >= 15 is 0 Å². The van der Waals surface area contributed by atoms with Crippen molar-refractivity contribution in [1.82, 2.24) is 15.2 Å². The van der Waals surface area contributed by atoms with Crippen LogP contribution in [0.15, 0.2) is 60.7 Å². The molecular weight excluding hydrogens is 601 g/mol. The molecule has 3 aromatic carbocycles. The van der Waals surface area contributed by atoms with E-state index in [9.17, 15) is 31.5 Å². The number of fused-ring (bicyclic) bond motifs is 3. The van der Waals surface area contributed by atoms with Gasteiger partial charge in [-0.25, -0.2) is 36.5 Å². The van der Waals surface area contributed by atoms with Crippen LogP contribution in [0, 0.1) is 17.5 Å². The fourth-order valence-electron chi connectivity index (χ4n) is 4.91. The number of hydrogen-bond donors (Lipinski definition) is 3. The molecule has 1 aliphatic heterocycles. The van der Waals surface area contributed by atoms with Crippen LogP contribution in [0.5, 0.6) is 0 Å². The molecule has 4 aromatic rings. The monoisotopic (exact) mass is 629 g/mol. The van der Waals surface area contributed by atoms with Gasteiger partial charge < -0.3 is 30.3 Å². The van der Waals surface area contributed by atoms with Crippen molar-refractivity contribution in [3.63, 3.8) is 0 Å². The molecule has 5 rings (SSSR count). The van der Waals surface area contributed by atoms with Crippen molar-refractivity contribution in [1.29, 1.82) is 0 Å². The van der Waals surface area contributed by atoms with E-state index in [0.29, 0.717) is 11.3 Å². The Morgan fingerprint density at radius 1 is 1.00 bits per heavy atom. The topological polar surface area (TPSA) is 105 Å². The minimum atomic E-state index is -3.09. The Kier molecular flexibility index (Phi) is 9.62. The maximum Gasteiger partial charge on any atom is 0.407 e. The van der Waals surface area contributed by atoms with Gasteiger partial charge in [-0.05, 0) is 41.3 Å². The van der Waals surface area contributed by atoms with Crippen LogP contribution < -0.4 is 16.0 Å². The third-order valence-electron chi connectivity index (χ3n) is 7.18. The van der Waals surface area contributed by atoms with Crippen LogP contribution >= 0.6 is 0 Å². The van der Waals surface area contributed by atoms with Gasteiger partial charge in [-0.15, -0.1) is 0 Å². The van der Waals surface area contributed by atoms with Crippen molar-refractivity contribution >= 4 is 34.4 Å². The zero-order valence-electron chi connectivity index (χ0n) is 23.9. The number of nitrogens with zero attached hydrogens (tertiary/aromatic N) is 2. The summed E-state index contributed by atoms with van der Waals surface area (Å²) in [6, 6.07) is 12.4. The SMILES string of the molecule is CN(C(=O)Nc1ccc(F)c(C(F)F)c1)[C@H]1COCc2nc(NCCNC(=O)OCc3ccccc3)c3cc(F)c(F)cc3c21. The van der Waals surface area contributed by atoms with Gasteiger partial charge in [0.05, 0.1) is 30.5 Å². The number of likely N-dealkylation sites (N-methyl/N-ethyl adjacent to an activating group) is 1. The first-order chi connectivity index (χ1) is 21.6. The molecule has 9 nitrogen and oxygen atoms in total. The van der Waals surface area contributed by atoms with E-state index in [-0.39, 0.29) is 55.2 Å². The van der Waals surface area contributed by atoms with Gasteiger partial charge in [0.25, 0.3) is 6.43 Å². The number of alkyl halides is 2. The van der Waals surface area contributed by atoms with E-state index in [1.165, 1.54) is 11.9 Å². The van der Waals surface area contributed by atoms with Crippen LogP contribution in [0.2, 0.25) is 0 Å². The van der Waals surface area contributed by atoms with Gasteiger partial charge in [0.15, 0.2) is 11.6 Å². The van der Waals surface area contributed by atoms with Gasteiger partial charge >= 0.3 is 12.1 Å². The summed E-state index contributed by atoms with van der Waals surface area (Å²) in [6.07, 6.45) is -3.72. The van der Waals surface area contributed by atoms with Crippen LogP contribution in [0.4, 0.5) is 43.0 Å². The van der Waals surface area contributed by atoms with Gasteiger partial charge in [0.2, 0.25) is 0 Å². The van der Waals surface area contributed by atoms with Crippen molar-refractivity contribution in [2.24, 2.45) is 0 Å². The average Bonchev–Trinajstić information content (AvgIpc) is 3.03. The van der Waals surface area contributed by atoms with E-state index in [1.807, 2.05) is 30.3 Å². The second-order valence-electron chi connectivity index (χ2n) is 10.2. The smallest absolute Gasteiger partial charge is 0.407 e. The number of hydrogen-bond acceptors (Lipinski definition) is 6. The standard InChI is InChI=1S/C31H28F5N5O4/c1-41(30(42)39-18-7-8-22(32)21(11-18)28(35)36)26-16-44-15-25-27(26)19-12-23(33)24(34)13-20(19)29(40-25)37-9-10-38-31(43)45-14-17-5-3-2-4-6-17/h2-8,11-13,26,28H,9-10,14-16H2,1H3,(H,37,40)(H,38,43)(H,39,42)/t26-/m0/s1. The predicted octanol–water partition coefficient (Wildman–Crippen LogP) is 6.66. The first-order valence-corrected chi connectivity index (χ1v) is 13.8. The van der Waals surface area contributed by atoms with E-state index in [1.54, 1.807) is 0 Å². The van der Waals surface area contributed by atoms with E-state index in [4.69, 9.17) is 9.47 Å². The van der Waals surface area contributed by atoms with Crippen LogP contribution in [-0.4, -0.2) is 48.8 Å².